The molecule has 1 aromatic heterocycles. The summed E-state index contributed by atoms with van der Waals surface area (Å²) < 4.78 is 28.9. The normalized spacial score (nSPS) is 18.7. The van der Waals surface area contributed by atoms with Crippen LogP contribution in [-0.2, 0) is 4.79 Å². The average Bonchev–Trinajstić information content (AvgIpc) is 3.15. The molecule has 8 nitrogen and oxygen atoms in total. The molecule has 30 heavy (non-hydrogen) atoms. The Balaban J connectivity index is 1.70. The highest BCUT2D eigenvalue weighted by molar-refractivity contribution is 9.10. The van der Waals surface area contributed by atoms with Crippen molar-refractivity contribution in [1.82, 2.24) is 14.9 Å². The Morgan fingerprint density at radius 3 is 2.43 bits per heavy atom. The van der Waals surface area contributed by atoms with E-state index in [0.29, 0.717) is 31.7 Å². The van der Waals surface area contributed by atoms with Crippen LogP contribution in [0.2, 0.25) is 0 Å². The smallest absolute Gasteiger partial charge is 0.272 e. The van der Waals surface area contributed by atoms with Crippen molar-refractivity contribution in [1.29, 1.82) is 0 Å². The van der Waals surface area contributed by atoms with Gasteiger partial charge >= 0.3 is 0 Å². The first-order valence-corrected chi connectivity index (χ1v) is 10.1. The SMILES string of the molecule is CNC(=O)c1ncn([C@H]2CC[C@H](C(=O)Nc3c(F)cc(F)cc3Br)CC2)c1C(N)=O. The molecule has 0 unspecified atom stereocenters. The van der Waals surface area contributed by atoms with Crippen LogP contribution in [-0.4, -0.2) is 34.3 Å². The molecule has 3 rings (SSSR count). The summed E-state index contributed by atoms with van der Waals surface area (Å²) >= 11 is 3.05. The third kappa shape index (κ3) is 4.35. The first kappa shape index (κ1) is 21.9. The highest BCUT2D eigenvalue weighted by atomic mass is 79.9. The van der Waals surface area contributed by atoms with E-state index in [9.17, 15) is 23.2 Å². The number of imidazole rings is 1. The molecule has 0 bridgehead atoms. The Bertz CT molecular complexity index is 979. The molecule has 2 aromatic rings. The van der Waals surface area contributed by atoms with Gasteiger partial charge in [0, 0.05) is 29.5 Å². The highest BCUT2D eigenvalue weighted by Crippen LogP contribution is 2.35. The number of anilines is 1. The molecule has 0 saturated heterocycles. The molecule has 11 heteroatoms. The fourth-order valence-corrected chi connectivity index (χ4v) is 4.18. The number of benzene rings is 1. The summed E-state index contributed by atoms with van der Waals surface area (Å²) in [6, 6.07) is 1.62. The Kier molecular flexibility index (Phi) is 6.49. The Labute approximate surface area is 179 Å². The number of nitrogens with two attached hydrogens (primary N) is 1. The summed E-state index contributed by atoms with van der Waals surface area (Å²) in [4.78, 5) is 40.4. The zero-order chi connectivity index (χ0) is 22.0. The average molecular weight is 484 g/mol. The molecule has 1 saturated carbocycles. The van der Waals surface area contributed by atoms with Crippen LogP contribution in [0.25, 0.3) is 0 Å². The van der Waals surface area contributed by atoms with E-state index >= 15 is 0 Å². The molecular weight excluding hydrogens is 464 g/mol. The van der Waals surface area contributed by atoms with Crippen molar-refractivity contribution in [3.8, 4) is 0 Å². The van der Waals surface area contributed by atoms with E-state index in [1.54, 1.807) is 4.57 Å². The van der Waals surface area contributed by atoms with Crippen molar-refractivity contribution in [3.05, 3.63) is 46.0 Å². The molecule has 1 heterocycles. The highest BCUT2D eigenvalue weighted by Gasteiger charge is 2.31. The lowest BCUT2D eigenvalue weighted by molar-refractivity contribution is -0.121. The largest absolute Gasteiger partial charge is 0.364 e. The van der Waals surface area contributed by atoms with E-state index < -0.39 is 23.4 Å². The molecular formula is C19H20BrF2N5O3. The summed E-state index contributed by atoms with van der Waals surface area (Å²) in [5.74, 6) is -3.64. The third-order valence-corrected chi connectivity index (χ3v) is 5.81. The second-order valence-corrected chi connectivity index (χ2v) is 7.89. The van der Waals surface area contributed by atoms with Crippen LogP contribution in [0.4, 0.5) is 14.5 Å². The van der Waals surface area contributed by atoms with E-state index in [2.05, 4.69) is 31.5 Å². The van der Waals surface area contributed by atoms with Crippen LogP contribution in [0, 0.1) is 17.6 Å². The van der Waals surface area contributed by atoms with E-state index in [4.69, 9.17) is 5.73 Å². The number of rotatable bonds is 5. The molecule has 4 N–H and O–H groups in total. The number of aromatic nitrogens is 2. The van der Waals surface area contributed by atoms with Gasteiger partial charge in [-0.2, -0.15) is 0 Å². The lowest BCUT2D eigenvalue weighted by atomic mass is 9.85. The second kappa shape index (κ2) is 8.90. The first-order valence-electron chi connectivity index (χ1n) is 9.27. The first-order chi connectivity index (χ1) is 14.2. The zero-order valence-corrected chi connectivity index (χ0v) is 17.6. The van der Waals surface area contributed by atoms with Crippen LogP contribution >= 0.6 is 15.9 Å². The van der Waals surface area contributed by atoms with Gasteiger partial charge < -0.3 is 20.9 Å². The van der Waals surface area contributed by atoms with Crippen molar-refractivity contribution >= 4 is 39.3 Å². The standard InChI is InChI=1S/C19H20BrF2N5O3/c1-24-19(30)15-16(17(23)28)27(8-25-15)11-4-2-9(3-5-11)18(29)26-14-12(20)6-10(21)7-13(14)22/h6-9,11H,2-5H2,1H3,(H2,23,28)(H,24,30)(H,26,29)/t9-,11-. The molecule has 3 amide bonds. The van der Waals surface area contributed by atoms with Gasteiger partial charge in [0.05, 0.1) is 12.0 Å². The Morgan fingerprint density at radius 1 is 1.20 bits per heavy atom. The number of hydrogen-bond acceptors (Lipinski definition) is 4. The number of carbonyl (C=O) groups is 3. The van der Waals surface area contributed by atoms with Crippen LogP contribution in [0.15, 0.2) is 22.9 Å². The molecule has 1 aliphatic rings. The number of primary amides is 1. The van der Waals surface area contributed by atoms with Gasteiger partial charge in [-0.05, 0) is 47.7 Å². The maximum atomic E-state index is 14.0. The molecule has 1 fully saturated rings. The predicted molar refractivity (Wildman–Crippen MR) is 108 cm³/mol. The van der Waals surface area contributed by atoms with Gasteiger partial charge in [-0.15, -0.1) is 0 Å². The van der Waals surface area contributed by atoms with Crippen molar-refractivity contribution in [2.24, 2.45) is 11.7 Å². The lowest BCUT2D eigenvalue weighted by Crippen LogP contribution is -2.30. The van der Waals surface area contributed by atoms with E-state index in [0.717, 1.165) is 6.07 Å². The van der Waals surface area contributed by atoms with E-state index in [-0.39, 0.29) is 39.4 Å². The number of amides is 3. The van der Waals surface area contributed by atoms with Crippen molar-refractivity contribution < 1.29 is 23.2 Å². The summed E-state index contributed by atoms with van der Waals surface area (Å²) in [5.41, 5.74) is 5.33. The van der Waals surface area contributed by atoms with Crippen LogP contribution in [0.5, 0.6) is 0 Å². The second-order valence-electron chi connectivity index (χ2n) is 7.03. The molecule has 0 aliphatic heterocycles. The number of hydrogen-bond donors (Lipinski definition) is 3. The van der Waals surface area contributed by atoms with Gasteiger partial charge in [-0.1, -0.05) is 0 Å². The minimum Gasteiger partial charge on any atom is -0.364 e. The summed E-state index contributed by atoms with van der Waals surface area (Å²) in [6.45, 7) is 0. The van der Waals surface area contributed by atoms with Crippen molar-refractivity contribution in [2.45, 2.75) is 31.7 Å². The number of nitrogens with zero attached hydrogens (tertiary/aromatic N) is 2. The number of carbonyl (C=O) groups excluding carboxylic acids is 3. The minimum absolute atomic E-state index is 0.0274. The molecule has 0 atom stereocenters. The van der Waals surface area contributed by atoms with Gasteiger partial charge in [0.15, 0.2) is 11.5 Å². The maximum Gasteiger partial charge on any atom is 0.272 e. The maximum absolute atomic E-state index is 14.0. The zero-order valence-electron chi connectivity index (χ0n) is 16.0. The number of nitrogens with one attached hydrogen (secondary N) is 2. The lowest BCUT2D eigenvalue weighted by Gasteiger charge is -2.29. The predicted octanol–water partition coefficient (Wildman–Crippen LogP) is 2.75. The van der Waals surface area contributed by atoms with Gasteiger partial charge in [-0.25, -0.2) is 13.8 Å². The molecule has 160 valence electrons. The monoisotopic (exact) mass is 483 g/mol. The summed E-state index contributed by atoms with van der Waals surface area (Å²) in [5, 5.41) is 4.93. The summed E-state index contributed by atoms with van der Waals surface area (Å²) in [6.07, 6.45) is 3.43. The van der Waals surface area contributed by atoms with Gasteiger partial charge in [0.1, 0.15) is 11.5 Å². The fraction of sp³-hybridized carbons (Fsp3) is 0.368. The minimum atomic E-state index is -0.866. The van der Waals surface area contributed by atoms with E-state index in [1.807, 2.05) is 0 Å². The Hall–Kier alpha value is -2.82. The Morgan fingerprint density at radius 2 is 1.87 bits per heavy atom. The quantitative estimate of drug-likeness (QED) is 0.605. The van der Waals surface area contributed by atoms with Gasteiger partial charge in [-0.3, -0.25) is 14.4 Å². The van der Waals surface area contributed by atoms with Gasteiger partial charge in [0.2, 0.25) is 5.91 Å². The van der Waals surface area contributed by atoms with E-state index in [1.165, 1.54) is 13.4 Å². The number of halogens is 3. The summed E-state index contributed by atoms with van der Waals surface area (Å²) in [7, 11) is 1.43. The topological polar surface area (TPSA) is 119 Å². The van der Waals surface area contributed by atoms with Crippen molar-refractivity contribution in [2.75, 3.05) is 12.4 Å². The molecule has 0 spiro atoms. The molecule has 1 aliphatic carbocycles. The molecule has 1 aromatic carbocycles. The van der Waals surface area contributed by atoms with Crippen molar-refractivity contribution in [3.63, 3.8) is 0 Å². The van der Waals surface area contributed by atoms with Gasteiger partial charge in [0.25, 0.3) is 11.8 Å². The molecule has 0 radical (unpaired) electrons. The van der Waals surface area contributed by atoms with Crippen LogP contribution < -0.4 is 16.4 Å². The van der Waals surface area contributed by atoms with Crippen LogP contribution in [0.3, 0.4) is 0 Å². The van der Waals surface area contributed by atoms with Crippen LogP contribution in [0.1, 0.15) is 52.7 Å². The fourth-order valence-electron chi connectivity index (χ4n) is 3.67. The third-order valence-electron chi connectivity index (χ3n) is 5.19.